The fourth-order valence-electron chi connectivity index (χ4n) is 5.84. The first-order valence-electron chi connectivity index (χ1n) is 10.7. The quantitative estimate of drug-likeness (QED) is 0.661. The van der Waals surface area contributed by atoms with Gasteiger partial charge in [-0.1, -0.05) is 31.2 Å². The Hall–Kier alpha value is -2.70. The Morgan fingerprint density at radius 2 is 2.10 bits per heavy atom. The van der Waals surface area contributed by atoms with E-state index in [-0.39, 0.29) is 16.9 Å². The standard InChI is InChI=1S/C24H28N4O2/c1-3-20(30-2)24-14-23(24,11-12-26-15-24)17-7-9-18(10-8-17)28-13-16-5-4-6-19(22(25)29)21(16)27-28/h4-10,13,20,26H,3,11-12,14-15H2,1-2H3,(H2,25,29). The van der Waals surface area contributed by atoms with Crippen LogP contribution in [0.5, 0.6) is 0 Å². The van der Waals surface area contributed by atoms with Crippen molar-refractivity contribution in [2.75, 3.05) is 20.2 Å². The number of nitrogens with one attached hydrogen (secondary N) is 1. The van der Waals surface area contributed by atoms with E-state index in [1.54, 1.807) is 6.07 Å². The molecule has 6 heteroatoms. The second-order valence-corrected chi connectivity index (χ2v) is 8.70. The summed E-state index contributed by atoms with van der Waals surface area (Å²) in [5, 5.41) is 9.13. The number of nitrogens with two attached hydrogens (primary N) is 1. The van der Waals surface area contributed by atoms with Crippen molar-refractivity contribution in [3.8, 4) is 5.69 Å². The molecule has 1 saturated heterocycles. The molecule has 30 heavy (non-hydrogen) atoms. The molecule has 1 saturated carbocycles. The highest BCUT2D eigenvalue weighted by Gasteiger charge is 2.71. The van der Waals surface area contributed by atoms with Crippen molar-refractivity contribution in [1.82, 2.24) is 15.1 Å². The van der Waals surface area contributed by atoms with E-state index < -0.39 is 5.91 Å². The van der Waals surface area contributed by atoms with Gasteiger partial charge in [-0.2, -0.15) is 5.10 Å². The SMILES string of the molecule is CCC(OC)C12CNCCC1(c1ccc(-n3cc4cccc(C(N)=O)c4n3)cc1)C2. The second-order valence-electron chi connectivity index (χ2n) is 8.70. The van der Waals surface area contributed by atoms with Crippen molar-refractivity contribution in [2.24, 2.45) is 11.1 Å². The van der Waals surface area contributed by atoms with Crippen LogP contribution in [-0.2, 0) is 10.2 Å². The number of fused-ring (bicyclic) bond motifs is 2. The Morgan fingerprint density at radius 3 is 2.80 bits per heavy atom. The van der Waals surface area contributed by atoms with Crippen LogP contribution >= 0.6 is 0 Å². The van der Waals surface area contributed by atoms with E-state index in [4.69, 9.17) is 10.5 Å². The molecule has 156 valence electrons. The van der Waals surface area contributed by atoms with Gasteiger partial charge >= 0.3 is 0 Å². The Kier molecular flexibility index (Phi) is 4.45. The van der Waals surface area contributed by atoms with Gasteiger partial charge in [-0.05, 0) is 49.6 Å². The predicted octanol–water partition coefficient (Wildman–Crippen LogP) is 3.17. The molecule has 2 aliphatic rings. The van der Waals surface area contributed by atoms with Crippen molar-refractivity contribution in [3.63, 3.8) is 0 Å². The summed E-state index contributed by atoms with van der Waals surface area (Å²) in [6, 6.07) is 14.2. The zero-order valence-electron chi connectivity index (χ0n) is 17.5. The average Bonchev–Trinajstić information content (AvgIpc) is 3.28. The first-order valence-corrected chi connectivity index (χ1v) is 10.7. The number of carbonyl (C=O) groups is 1. The minimum atomic E-state index is -0.458. The number of piperidine rings is 1. The smallest absolute Gasteiger partial charge is 0.250 e. The molecule has 2 fully saturated rings. The topological polar surface area (TPSA) is 82.2 Å². The van der Waals surface area contributed by atoms with Crippen LogP contribution in [0.2, 0.25) is 0 Å². The van der Waals surface area contributed by atoms with Gasteiger partial charge in [0.15, 0.2) is 0 Å². The molecule has 2 heterocycles. The van der Waals surface area contributed by atoms with Crippen LogP contribution in [-0.4, -0.2) is 42.0 Å². The molecule has 6 nitrogen and oxygen atoms in total. The number of ether oxygens (including phenoxy) is 1. The van der Waals surface area contributed by atoms with Crippen LogP contribution < -0.4 is 11.1 Å². The lowest BCUT2D eigenvalue weighted by Crippen LogP contribution is -2.45. The van der Waals surface area contributed by atoms with E-state index in [0.29, 0.717) is 11.1 Å². The fourth-order valence-corrected chi connectivity index (χ4v) is 5.84. The van der Waals surface area contributed by atoms with Gasteiger partial charge in [0.25, 0.3) is 5.91 Å². The third-order valence-corrected chi connectivity index (χ3v) is 7.37. The van der Waals surface area contributed by atoms with Gasteiger partial charge in [0, 0.05) is 36.1 Å². The number of carbonyl (C=O) groups excluding carboxylic acids is 1. The Morgan fingerprint density at radius 1 is 1.30 bits per heavy atom. The summed E-state index contributed by atoms with van der Waals surface area (Å²) in [6.07, 6.45) is 5.55. The minimum absolute atomic E-state index is 0.188. The molecule has 0 spiro atoms. The van der Waals surface area contributed by atoms with E-state index in [9.17, 15) is 4.79 Å². The maximum atomic E-state index is 11.7. The summed E-state index contributed by atoms with van der Waals surface area (Å²) in [5.41, 5.74) is 9.33. The normalized spacial score (nSPS) is 26.3. The maximum absolute atomic E-state index is 11.7. The van der Waals surface area contributed by atoms with E-state index >= 15 is 0 Å². The molecule has 1 aliphatic carbocycles. The molecule has 5 rings (SSSR count). The highest BCUT2D eigenvalue weighted by atomic mass is 16.5. The third-order valence-electron chi connectivity index (χ3n) is 7.37. The van der Waals surface area contributed by atoms with Gasteiger partial charge in [0.05, 0.1) is 17.4 Å². The van der Waals surface area contributed by atoms with E-state index in [1.807, 2.05) is 30.1 Å². The van der Waals surface area contributed by atoms with E-state index in [2.05, 4.69) is 41.6 Å². The first kappa shape index (κ1) is 19.3. The van der Waals surface area contributed by atoms with Crippen molar-refractivity contribution in [3.05, 3.63) is 59.8 Å². The van der Waals surface area contributed by atoms with Crippen LogP contribution in [0.4, 0.5) is 0 Å². The monoisotopic (exact) mass is 404 g/mol. The van der Waals surface area contributed by atoms with Crippen molar-refractivity contribution in [1.29, 1.82) is 0 Å². The Labute approximate surface area is 176 Å². The number of rotatable bonds is 6. The molecule has 0 bridgehead atoms. The number of aromatic nitrogens is 2. The molecule has 0 radical (unpaired) electrons. The number of hydrogen-bond acceptors (Lipinski definition) is 4. The molecule has 1 aromatic heterocycles. The van der Waals surface area contributed by atoms with Gasteiger partial charge in [-0.25, -0.2) is 4.68 Å². The summed E-state index contributed by atoms with van der Waals surface area (Å²) in [7, 11) is 1.84. The molecule has 3 N–H and O–H groups in total. The zero-order chi connectivity index (χ0) is 20.9. The van der Waals surface area contributed by atoms with Crippen molar-refractivity contribution in [2.45, 2.75) is 37.7 Å². The van der Waals surface area contributed by atoms with Crippen LogP contribution in [0.1, 0.15) is 42.1 Å². The van der Waals surface area contributed by atoms with Gasteiger partial charge in [0.2, 0.25) is 0 Å². The molecule has 2 aromatic carbocycles. The summed E-state index contributed by atoms with van der Waals surface area (Å²) >= 11 is 0. The lowest BCUT2D eigenvalue weighted by Gasteiger charge is -2.36. The lowest BCUT2D eigenvalue weighted by molar-refractivity contribution is 0.0189. The summed E-state index contributed by atoms with van der Waals surface area (Å²) in [6.45, 7) is 4.28. The van der Waals surface area contributed by atoms with Gasteiger partial charge < -0.3 is 15.8 Å². The van der Waals surface area contributed by atoms with E-state index in [0.717, 1.165) is 37.0 Å². The van der Waals surface area contributed by atoms with Crippen LogP contribution in [0, 0.1) is 5.41 Å². The molecule has 3 aromatic rings. The largest absolute Gasteiger partial charge is 0.381 e. The highest BCUT2D eigenvalue weighted by Crippen LogP contribution is 2.70. The third kappa shape index (κ3) is 2.63. The van der Waals surface area contributed by atoms with Gasteiger partial charge in [-0.15, -0.1) is 0 Å². The number of hydrogen-bond donors (Lipinski definition) is 2. The number of primary amides is 1. The molecule has 3 atom stereocenters. The minimum Gasteiger partial charge on any atom is -0.381 e. The Balaban J connectivity index is 1.49. The zero-order valence-corrected chi connectivity index (χ0v) is 17.5. The van der Waals surface area contributed by atoms with Crippen molar-refractivity contribution >= 4 is 16.8 Å². The average molecular weight is 405 g/mol. The molecule has 1 aliphatic heterocycles. The molecular formula is C24H28N4O2. The number of benzene rings is 2. The van der Waals surface area contributed by atoms with Crippen LogP contribution in [0.3, 0.4) is 0 Å². The number of amides is 1. The maximum Gasteiger partial charge on any atom is 0.250 e. The fraction of sp³-hybridized carbons (Fsp3) is 0.417. The highest BCUT2D eigenvalue weighted by molar-refractivity contribution is 6.04. The second kappa shape index (κ2) is 6.93. The van der Waals surface area contributed by atoms with Gasteiger partial charge in [0.1, 0.15) is 5.52 Å². The predicted molar refractivity (Wildman–Crippen MR) is 117 cm³/mol. The lowest BCUT2D eigenvalue weighted by atomic mass is 9.77. The van der Waals surface area contributed by atoms with Crippen LogP contribution in [0.25, 0.3) is 16.6 Å². The van der Waals surface area contributed by atoms with Crippen molar-refractivity contribution < 1.29 is 9.53 Å². The number of nitrogens with zero attached hydrogens (tertiary/aromatic N) is 2. The molecule has 3 unspecified atom stereocenters. The number of methoxy groups -OCH3 is 1. The molecule has 1 amide bonds. The van der Waals surface area contributed by atoms with Gasteiger partial charge in [-0.3, -0.25) is 4.79 Å². The Bertz CT molecular complexity index is 1100. The van der Waals surface area contributed by atoms with E-state index in [1.165, 1.54) is 12.0 Å². The summed E-state index contributed by atoms with van der Waals surface area (Å²) in [5.74, 6) is -0.458. The molecular weight excluding hydrogens is 376 g/mol. The summed E-state index contributed by atoms with van der Waals surface area (Å²) < 4.78 is 7.72. The first-order chi connectivity index (χ1) is 14.5. The van der Waals surface area contributed by atoms with Crippen LogP contribution in [0.15, 0.2) is 48.7 Å². The summed E-state index contributed by atoms with van der Waals surface area (Å²) in [4.78, 5) is 11.7.